The first-order valence-electron chi connectivity index (χ1n) is 6.49. The summed E-state index contributed by atoms with van der Waals surface area (Å²) >= 11 is 11.7. The molecule has 0 saturated heterocycles. The molecule has 0 aliphatic rings. The summed E-state index contributed by atoms with van der Waals surface area (Å²) in [5.41, 5.74) is 5.19. The maximum atomic E-state index is 11.6. The molecule has 118 valence electrons. The van der Waals surface area contributed by atoms with Crippen molar-refractivity contribution < 1.29 is 14.0 Å². The molecular formula is C16H12Cl2N2O3. The van der Waals surface area contributed by atoms with Crippen molar-refractivity contribution in [1.29, 1.82) is 0 Å². The molecule has 0 unspecified atom stereocenters. The highest BCUT2D eigenvalue weighted by Gasteiger charge is 2.00. The molecule has 0 fully saturated rings. The first kappa shape index (κ1) is 16.9. The molecule has 23 heavy (non-hydrogen) atoms. The Kier molecular flexibility index (Phi) is 6.02. The highest BCUT2D eigenvalue weighted by Crippen LogP contribution is 2.22. The van der Waals surface area contributed by atoms with Crippen molar-refractivity contribution in [1.82, 2.24) is 10.9 Å². The number of amides is 2. The van der Waals surface area contributed by atoms with Gasteiger partial charge < -0.3 is 4.42 Å². The molecule has 1 heterocycles. The molecule has 0 spiro atoms. The van der Waals surface area contributed by atoms with Crippen molar-refractivity contribution in [3.63, 3.8) is 0 Å². The Bertz CT molecular complexity index is 753. The Morgan fingerprint density at radius 3 is 2.26 bits per heavy atom. The first-order valence-corrected chi connectivity index (χ1v) is 7.25. The number of hydrogen-bond acceptors (Lipinski definition) is 3. The molecule has 1 aromatic heterocycles. The molecule has 0 bridgehead atoms. The summed E-state index contributed by atoms with van der Waals surface area (Å²) in [5.74, 6) is -0.445. The van der Waals surface area contributed by atoms with Crippen molar-refractivity contribution in [2.75, 3.05) is 0 Å². The highest BCUT2D eigenvalue weighted by atomic mass is 35.5. The molecule has 2 rings (SSSR count). The summed E-state index contributed by atoms with van der Waals surface area (Å²) in [4.78, 5) is 23.1. The number of carbonyl (C=O) groups excluding carboxylic acids is 2. The Balaban J connectivity index is 1.81. The van der Waals surface area contributed by atoms with E-state index in [-0.39, 0.29) is 0 Å². The van der Waals surface area contributed by atoms with E-state index in [0.717, 1.165) is 0 Å². The number of rotatable bonds is 4. The molecule has 2 N–H and O–H groups in total. The van der Waals surface area contributed by atoms with Crippen LogP contribution < -0.4 is 10.9 Å². The monoisotopic (exact) mass is 350 g/mol. The van der Waals surface area contributed by atoms with Crippen molar-refractivity contribution in [2.45, 2.75) is 0 Å². The Labute approximate surface area is 142 Å². The summed E-state index contributed by atoms with van der Waals surface area (Å²) in [6.07, 6.45) is 7.01. The second-order valence-electron chi connectivity index (χ2n) is 4.33. The van der Waals surface area contributed by atoms with Gasteiger partial charge in [0.2, 0.25) is 0 Å². The van der Waals surface area contributed by atoms with E-state index in [0.29, 0.717) is 21.4 Å². The highest BCUT2D eigenvalue weighted by molar-refractivity contribution is 6.42. The number of hydrazine groups is 1. The fourth-order valence-electron chi connectivity index (χ4n) is 1.54. The van der Waals surface area contributed by atoms with Crippen LogP contribution in [0.15, 0.2) is 53.2 Å². The molecular weight excluding hydrogens is 339 g/mol. The standard InChI is InChI=1S/C16H12Cl2N2O3/c17-13-6-3-11(10-14(13)18)4-7-15(21)19-20-16(22)8-5-12-2-1-9-23-12/h1-10H,(H,19,21)(H,20,22)/b7-4+,8-5+. The van der Waals surface area contributed by atoms with Gasteiger partial charge in [-0.1, -0.05) is 29.3 Å². The maximum absolute atomic E-state index is 11.6. The lowest BCUT2D eigenvalue weighted by atomic mass is 10.2. The molecule has 5 nitrogen and oxygen atoms in total. The second kappa shape index (κ2) is 8.22. The summed E-state index contributed by atoms with van der Waals surface area (Å²) < 4.78 is 5.03. The summed E-state index contributed by atoms with van der Waals surface area (Å²) in [5, 5.41) is 0.828. The lowest BCUT2D eigenvalue weighted by Gasteiger charge is -2.01. The van der Waals surface area contributed by atoms with Crippen LogP contribution in [0.4, 0.5) is 0 Å². The summed E-state index contributed by atoms with van der Waals surface area (Å²) in [6.45, 7) is 0. The SMILES string of the molecule is O=C(/C=C/c1ccc(Cl)c(Cl)c1)NNC(=O)/C=C/c1ccco1. The maximum Gasteiger partial charge on any atom is 0.262 e. The minimum atomic E-state index is -0.490. The zero-order valence-corrected chi connectivity index (χ0v) is 13.3. The predicted octanol–water partition coefficient (Wildman–Crippen LogP) is 3.46. The van der Waals surface area contributed by atoms with E-state index in [1.54, 1.807) is 36.4 Å². The van der Waals surface area contributed by atoms with Gasteiger partial charge in [0.1, 0.15) is 5.76 Å². The van der Waals surface area contributed by atoms with Crippen LogP contribution in [0.25, 0.3) is 12.2 Å². The van der Waals surface area contributed by atoms with Gasteiger partial charge in [-0.2, -0.15) is 0 Å². The zero-order chi connectivity index (χ0) is 16.7. The largest absolute Gasteiger partial charge is 0.465 e. The van der Waals surface area contributed by atoms with Crippen LogP contribution in [-0.2, 0) is 9.59 Å². The second-order valence-corrected chi connectivity index (χ2v) is 5.15. The molecule has 0 aliphatic heterocycles. The third kappa shape index (κ3) is 5.65. The zero-order valence-electron chi connectivity index (χ0n) is 11.8. The molecule has 1 aromatic carbocycles. The number of benzene rings is 1. The number of halogens is 2. The van der Waals surface area contributed by atoms with Crippen LogP contribution in [0.5, 0.6) is 0 Å². The van der Waals surface area contributed by atoms with Gasteiger partial charge in [0.25, 0.3) is 11.8 Å². The fraction of sp³-hybridized carbons (Fsp3) is 0. The quantitative estimate of drug-likeness (QED) is 0.655. The molecule has 2 amide bonds. The normalized spacial score (nSPS) is 11.0. The molecule has 0 saturated carbocycles. The van der Waals surface area contributed by atoms with Gasteiger partial charge in [-0.15, -0.1) is 0 Å². The molecule has 0 radical (unpaired) electrons. The lowest BCUT2D eigenvalue weighted by Crippen LogP contribution is -2.39. The van der Waals surface area contributed by atoms with Crippen LogP contribution in [0.1, 0.15) is 11.3 Å². The van der Waals surface area contributed by atoms with E-state index >= 15 is 0 Å². The fourth-order valence-corrected chi connectivity index (χ4v) is 1.84. The summed E-state index contributed by atoms with van der Waals surface area (Å²) in [7, 11) is 0. The van der Waals surface area contributed by atoms with Gasteiger partial charge >= 0.3 is 0 Å². The van der Waals surface area contributed by atoms with E-state index in [1.165, 1.54) is 24.5 Å². The van der Waals surface area contributed by atoms with Crippen molar-refractivity contribution in [3.8, 4) is 0 Å². The first-order chi connectivity index (χ1) is 11.0. The van der Waals surface area contributed by atoms with Crippen LogP contribution >= 0.6 is 23.2 Å². The average molecular weight is 351 g/mol. The molecule has 0 aliphatic carbocycles. The van der Waals surface area contributed by atoms with Gasteiger partial charge in [0.05, 0.1) is 16.3 Å². The number of hydrogen-bond donors (Lipinski definition) is 2. The Morgan fingerprint density at radius 2 is 1.65 bits per heavy atom. The van der Waals surface area contributed by atoms with Gasteiger partial charge in [0, 0.05) is 12.2 Å². The van der Waals surface area contributed by atoms with E-state index in [4.69, 9.17) is 27.6 Å². The predicted molar refractivity (Wildman–Crippen MR) is 89.5 cm³/mol. The van der Waals surface area contributed by atoms with Gasteiger partial charge in [-0.25, -0.2) is 0 Å². The Hall–Kier alpha value is -2.50. The average Bonchev–Trinajstić information content (AvgIpc) is 3.05. The van der Waals surface area contributed by atoms with Crippen LogP contribution in [0, 0.1) is 0 Å². The Morgan fingerprint density at radius 1 is 0.957 bits per heavy atom. The topological polar surface area (TPSA) is 71.3 Å². The molecule has 2 aromatic rings. The van der Waals surface area contributed by atoms with Crippen molar-refractivity contribution in [3.05, 3.63) is 70.1 Å². The van der Waals surface area contributed by atoms with Gasteiger partial charge in [0.15, 0.2) is 0 Å². The number of carbonyl (C=O) groups is 2. The number of nitrogens with one attached hydrogen (secondary N) is 2. The summed E-state index contributed by atoms with van der Waals surface area (Å²) in [6, 6.07) is 8.36. The van der Waals surface area contributed by atoms with Crippen molar-refractivity contribution in [2.24, 2.45) is 0 Å². The van der Waals surface area contributed by atoms with E-state index in [2.05, 4.69) is 10.9 Å². The minimum absolute atomic E-state index is 0.394. The van der Waals surface area contributed by atoms with Crippen LogP contribution in [0.3, 0.4) is 0 Å². The minimum Gasteiger partial charge on any atom is -0.465 e. The lowest BCUT2D eigenvalue weighted by molar-refractivity contribution is -0.123. The van der Waals surface area contributed by atoms with Gasteiger partial charge in [-0.05, 0) is 42.0 Å². The van der Waals surface area contributed by atoms with Crippen LogP contribution in [-0.4, -0.2) is 11.8 Å². The third-order valence-corrected chi connectivity index (χ3v) is 3.36. The molecule has 7 heteroatoms. The van der Waals surface area contributed by atoms with Crippen molar-refractivity contribution >= 4 is 47.2 Å². The van der Waals surface area contributed by atoms with E-state index < -0.39 is 11.8 Å². The third-order valence-electron chi connectivity index (χ3n) is 2.62. The number of furan rings is 1. The van der Waals surface area contributed by atoms with Gasteiger partial charge in [-0.3, -0.25) is 20.4 Å². The van der Waals surface area contributed by atoms with E-state index in [1.807, 2.05) is 0 Å². The van der Waals surface area contributed by atoms with E-state index in [9.17, 15) is 9.59 Å². The molecule has 0 atom stereocenters. The smallest absolute Gasteiger partial charge is 0.262 e. The van der Waals surface area contributed by atoms with Crippen LogP contribution in [0.2, 0.25) is 10.0 Å².